The van der Waals surface area contributed by atoms with E-state index >= 15 is 0 Å². The van der Waals surface area contributed by atoms with Crippen molar-refractivity contribution >= 4 is 88.5 Å². The van der Waals surface area contributed by atoms with Crippen LogP contribution < -0.4 is 27.3 Å². The molecule has 0 aliphatic carbocycles. The summed E-state index contributed by atoms with van der Waals surface area (Å²) >= 11 is 0. The van der Waals surface area contributed by atoms with Crippen molar-refractivity contribution in [3.63, 3.8) is 0 Å². The minimum absolute atomic E-state index is 0.165. The van der Waals surface area contributed by atoms with Gasteiger partial charge in [0.15, 0.2) is 17.5 Å². The van der Waals surface area contributed by atoms with E-state index in [2.05, 4.69) is 0 Å². The first-order chi connectivity index (χ1) is 20.4. The molecule has 0 bridgehead atoms. The molecule has 0 N–H and O–H groups in total. The summed E-state index contributed by atoms with van der Waals surface area (Å²) in [6, 6.07) is 31.2. The zero-order valence-corrected chi connectivity index (χ0v) is 22.4. The Labute approximate surface area is 249 Å². The van der Waals surface area contributed by atoms with Gasteiger partial charge in [0.1, 0.15) is 50.4 Å². The summed E-state index contributed by atoms with van der Waals surface area (Å²) in [6.45, 7) is 0. The van der Waals surface area contributed by atoms with E-state index in [0.29, 0.717) is 34.2 Å². The van der Waals surface area contributed by atoms with E-state index in [0.717, 1.165) is 33.0 Å². The van der Waals surface area contributed by atoms with E-state index < -0.39 is 0 Å². The monoisotopic (exact) mass is 525 g/mol. The summed E-state index contributed by atoms with van der Waals surface area (Å²) in [7, 11) is 31.4. The molecule has 10 radical (unpaired) electrons. The standard InChI is InChI=1S/C33H16B5N3O/c34-26-25(27(35)29(37)30(38)28(26)36)20-12-7-13-23-24(20)21-16-19(14-15-22(21)42-23)33-40-31(17-8-3-1-4-9-17)39-32(41-33)18-10-5-2-6-11-18/h1-16H. The topological polar surface area (TPSA) is 51.8 Å². The number of aromatic nitrogens is 3. The molecule has 7 rings (SSSR count). The minimum Gasteiger partial charge on any atom is -0.456 e. The zero-order chi connectivity index (χ0) is 29.0. The van der Waals surface area contributed by atoms with Crippen molar-refractivity contribution in [2.24, 2.45) is 0 Å². The molecule has 4 nitrogen and oxygen atoms in total. The average Bonchev–Trinajstić information content (AvgIpc) is 3.42. The van der Waals surface area contributed by atoms with Crippen LogP contribution in [-0.2, 0) is 0 Å². The Morgan fingerprint density at radius 3 is 1.55 bits per heavy atom. The van der Waals surface area contributed by atoms with Gasteiger partial charge < -0.3 is 4.42 Å². The maximum Gasteiger partial charge on any atom is 0.164 e. The summed E-state index contributed by atoms with van der Waals surface area (Å²) in [6.07, 6.45) is 0. The predicted molar refractivity (Wildman–Crippen MR) is 176 cm³/mol. The van der Waals surface area contributed by atoms with Crippen LogP contribution in [0.3, 0.4) is 0 Å². The van der Waals surface area contributed by atoms with E-state index in [1.165, 1.54) is 0 Å². The Morgan fingerprint density at radius 2 is 0.976 bits per heavy atom. The molecular formula is C33H16B5N3O. The highest BCUT2D eigenvalue weighted by Crippen LogP contribution is 2.37. The van der Waals surface area contributed by atoms with Crippen LogP contribution in [0.1, 0.15) is 0 Å². The van der Waals surface area contributed by atoms with Crippen molar-refractivity contribution in [1.82, 2.24) is 15.0 Å². The second-order valence-electron chi connectivity index (χ2n) is 9.97. The zero-order valence-electron chi connectivity index (χ0n) is 22.4. The molecule has 0 saturated heterocycles. The average molecular weight is 525 g/mol. The van der Waals surface area contributed by atoms with Crippen LogP contribution in [0, 0.1) is 0 Å². The van der Waals surface area contributed by atoms with Crippen molar-refractivity contribution in [2.75, 3.05) is 0 Å². The highest BCUT2D eigenvalue weighted by molar-refractivity contribution is 6.68. The number of hydrogen-bond donors (Lipinski definition) is 0. The molecule has 0 saturated carbocycles. The molecule has 0 atom stereocenters. The van der Waals surface area contributed by atoms with Crippen LogP contribution in [-0.4, -0.2) is 54.2 Å². The van der Waals surface area contributed by atoms with Gasteiger partial charge in [-0.15, -0.1) is 16.4 Å². The van der Waals surface area contributed by atoms with Crippen LogP contribution in [0.4, 0.5) is 0 Å². The lowest BCUT2D eigenvalue weighted by Gasteiger charge is -2.21. The molecule has 0 spiro atoms. The number of rotatable bonds is 4. The number of furan rings is 1. The Balaban J connectivity index is 1.48. The Morgan fingerprint density at radius 1 is 0.452 bits per heavy atom. The third-order valence-corrected chi connectivity index (χ3v) is 7.42. The lowest BCUT2D eigenvalue weighted by Crippen LogP contribution is -2.55. The molecule has 0 fully saturated rings. The number of hydrogen-bond acceptors (Lipinski definition) is 4. The van der Waals surface area contributed by atoms with Crippen LogP contribution >= 0.6 is 0 Å². The first-order valence-electron chi connectivity index (χ1n) is 13.2. The van der Waals surface area contributed by atoms with Crippen molar-refractivity contribution in [3.8, 4) is 45.3 Å². The second kappa shape index (κ2) is 10.3. The van der Waals surface area contributed by atoms with E-state index in [9.17, 15) is 0 Å². The fraction of sp³-hybridized carbons (Fsp3) is 0. The summed E-state index contributed by atoms with van der Waals surface area (Å²) < 4.78 is 6.23. The van der Waals surface area contributed by atoms with Crippen molar-refractivity contribution in [2.45, 2.75) is 0 Å². The van der Waals surface area contributed by atoms with Gasteiger partial charge in [-0.05, 0) is 35.4 Å². The van der Waals surface area contributed by atoms with Crippen LogP contribution in [0.15, 0.2) is 101 Å². The highest BCUT2D eigenvalue weighted by Gasteiger charge is 2.19. The van der Waals surface area contributed by atoms with Gasteiger partial charge in [0, 0.05) is 27.5 Å². The van der Waals surface area contributed by atoms with Crippen molar-refractivity contribution < 1.29 is 4.42 Å². The van der Waals surface area contributed by atoms with Gasteiger partial charge in [-0.1, -0.05) is 83.7 Å². The predicted octanol–water partition coefficient (Wildman–Crippen LogP) is 2.41. The summed E-state index contributed by atoms with van der Waals surface area (Å²) in [5.41, 5.74) is 6.19. The summed E-state index contributed by atoms with van der Waals surface area (Å²) in [4.78, 5) is 14.5. The van der Waals surface area contributed by atoms with Crippen LogP contribution in [0.5, 0.6) is 0 Å². The first-order valence-corrected chi connectivity index (χ1v) is 13.2. The van der Waals surface area contributed by atoms with Gasteiger partial charge in [0.25, 0.3) is 0 Å². The first kappa shape index (κ1) is 26.2. The summed E-state index contributed by atoms with van der Waals surface area (Å²) in [5, 5.41) is 1.63. The number of fused-ring (bicyclic) bond motifs is 3. The van der Waals surface area contributed by atoms with Gasteiger partial charge in [-0.25, -0.2) is 15.0 Å². The van der Waals surface area contributed by atoms with E-state index in [4.69, 9.17) is 58.6 Å². The van der Waals surface area contributed by atoms with Gasteiger partial charge >= 0.3 is 0 Å². The fourth-order valence-corrected chi connectivity index (χ4v) is 5.25. The molecule has 2 aromatic heterocycles. The van der Waals surface area contributed by atoms with Crippen molar-refractivity contribution in [3.05, 3.63) is 97.1 Å². The van der Waals surface area contributed by atoms with Gasteiger partial charge in [-0.3, -0.25) is 0 Å². The quantitative estimate of drug-likeness (QED) is 0.332. The Hall–Kier alpha value is -4.77. The Kier molecular flexibility index (Phi) is 6.39. The van der Waals surface area contributed by atoms with Crippen molar-refractivity contribution in [1.29, 1.82) is 0 Å². The fourth-order valence-electron chi connectivity index (χ4n) is 5.25. The maximum absolute atomic E-state index is 6.46. The van der Waals surface area contributed by atoms with E-state index in [1.807, 2.05) is 97.1 Å². The molecule has 184 valence electrons. The number of nitrogens with zero attached hydrogens (tertiary/aromatic N) is 3. The SMILES string of the molecule is [B]c1c([B])c([B])c(-c2cccc3oc4ccc(-c5nc(-c6ccccc6)nc(-c6ccccc6)n5)cc4c23)c([B])c1[B]. The molecule has 0 amide bonds. The molecule has 5 aromatic carbocycles. The number of benzene rings is 5. The molecule has 0 unspecified atom stereocenters. The third-order valence-electron chi connectivity index (χ3n) is 7.42. The van der Waals surface area contributed by atoms with Gasteiger partial charge in [-0.2, -0.15) is 0 Å². The van der Waals surface area contributed by atoms with Crippen LogP contribution in [0.25, 0.3) is 67.2 Å². The second-order valence-corrected chi connectivity index (χ2v) is 9.97. The van der Waals surface area contributed by atoms with Gasteiger partial charge in [0.05, 0.1) is 0 Å². The molecule has 0 aliphatic rings. The maximum atomic E-state index is 6.46. The van der Waals surface area contributed by atoms with Crippen LogP contribution in [0.2, 0.25) is 0 Å². The Bertz CT molecular complexity index is 2060. The molecule has 7 aromatic rings. The normalized spacial score (nSPS) is 11.3. The van der Waals surface area contributed by atoms with E-state index in [-0.39, 0.29) is 27.3 Å². The largest absolute Gasteiger partial charge is 0.456 e. The lowest BCUT2D eigenvalue weighted by molar-refractivity contribution is 0.669. The molecule has 42 heavy (non-hydrogen) atoms. The molecule has 9 heteroatoms. The molecule has 0 aliphatic heterocycles. The van der Waals surface area contributed by atoms with E-state index in [1.54, 1.807) is 0 Å². The minimum atomic E-state index is 0.165. The summed E-state index contributed by atoms with van der Waals surface area (Å²) in [5.74, 6) is 1.67. The third kappa shape index (κ3) is 4.28. The smallest absolute Gasteiger partial charge is 0.164 e. The molecule has 2 heterocycles. The molecular weight excluding hydrogens is 508 g/mol. The van der Waals surface area contributed by atoms with Gasteiger partial charge in [0.2, 0.25) is 0 Å². The lowest BCUT2D eigenvalue weighted by atomic mass is 9.59. The highest BCUT2D eigenvalue weighted by atomic mass is 16.3.